The van der Waals surface area contributed by atoms with Crippen molar-refractivity contribution in [2.75, 3.05) is 6.61 Å². The summed E-state index contributed by atoms with van der Waals surface area (Å²) in [6, 6.07) is 0. The van der Waals surface area contributed by atoms with Crippen molar-refractivity contribution >= 4 is 10.5 Å². The van der Waals surface area contributed by atoms with Crippen LogP contribution < -0.4 is 0 Å². The minimum absolute atomic E-state index is 0.0467. The van der Waals surface area contributed by atoms with Crippen LogP contribution in [0.3, 0.4) is 0 Å². The Labute approximate surface area is 159 Å². The first kappa shape index (κ1) is 19.9. The zero-order valence-electron chi connectivity index (χ0n) is 16.9. The summed E-state index contributed by atoms with van der Waals surface area (Å²) in [6.45, 7) is 3.06. The molecule has 3 aliphatic carbocycles. The Kier molecular flexibility index (Phi) is 7.87. The van der Waals surface area contributed by atoms with Crippen molar-refractivity contribution in [1.82, 2.24) is 0 Å². The molecular formula is C22H42O2Si. The highest BCUT2D eigenvalue weighted by Crippen LogP contribution is 2.50. The van der Waals surface area contributed by atoms with E-state index in [-0.39, 0.29) is 5.60 Å². The molecule has 3 rings (SSSR count). The summed E-state index contributed by atoms with van der Waals surface area (Å²) >= 11 is 0. The third-order valence-electron chi connectivity index (χ3n) is 7.71. The van der Waals surface area contributed by atoms with Gasteiger partial charge in [0.2, 0.25) is 0 Å². The molecule has 1 atom stereocenters. The smallest absolute Gasteiger partial charge is 0.146 e. The molecule has 3 heteroatoms. The molecule has 3 aliphatic rings. The average Bonchev–Trinajstić information content (AvgIpc) is 2.70. The summed E-state index contributed by atoms with van der Waals surface area (Å²) in [5.41, 5.74) is 0.0467. The van der Waals surface area contributed by atoms with Gasteiger partial charge in [0.05, 0.1) is 11.7 Å². The highest BCUT2D eigenvalue weighted by atomic mass is 28.2. The van der Waals surface area contributed by atoms with Crippen LogP contribution >= 0.6 is 0 Å². The lowest BCUT2D eigenvalue weighted by Crippen LogP contribution is -2.60. The van der Waals surface area contributed by atoms with Crippen LogP contribution in [-0.4, -0.2) is 28.8 Å². The Bertz CT molecular complexity index is 350. The molecule has 0 aromatic heterocycles. The standard InChI is InChI=1S/C22H42O2Si/c1-2-23-21(18-12-6-3-7-13-18)22(24-25,19-14-8-4-9-15-19)20-16-10-5-11-17-20/h18-21H,2-17H2,1,25H3. The molecule has 3 fully saturated rings. The summed E-state index contributed by atoms with van der Waals surface area (Å²) in [5.74, 6) is 2.24. The van der Waals surface area contributed by atoms with E-state index >= 15 is 0 Å². The Morgan fingerprint density at radius 1 is 0.760 bits per heavy atom. The zero-order chi connectivity index (χ0) is 17.5. The highest BCUT2D eigenvalue weighted by molar-refractivity contribution is 5.98. The second-order valence-corrected chi connectivity index (χ2v) is 9.41. The summed E-state index contributed by atoms with van der Waals surface area (Å²) in [6.07, 6.45) is 21.4. The van der Waals surface area contributed by atoms with Crippen LogP contribution in [0.15, 0.2) is 0 Å². The van der Waals surface area contributed by atoms with Crippen LogP contribution in [0.1, 0.15) is 103 Å². The molecule has 2 nitrogen and oxygen atoms in total. The van der Waals surface area contributed by atoms with E-state index in [0.717, 1.165) is 34.8 Å². The van der Waals surface area contributed by atoms with Crippen molar-refractivity contribution in [1.29, 1.82) is 0 Å². The lowest BCUT2D eigenvalue weighted by molar-refractivity contribution is -0.186. The fraction of sp³-hybridized carbons (Fsp3) is 1.00. The van der Waals surface area contributed by atoms with E-state index in [9.17, 15) is 0 Å². The fourth-order valence-electron chi connectivity index (χ4n) is 6.61. The predicted octanol–water partition coefficient (Wildman–Crippen LogP) is 5.17. The quantitative estimate of drug-likeness (QED) is 0.579. The van der Waals surface area contributed by atoms with Crippen molar-refractivity contribution in [3.63, 3.8) is 0 Å². The predicted molar refractivity (Wildman–Crippen MR) is 109 cm³/mol. The molecule has 25 heavy (non-hydrogen) atoms. The summed E-state index contributed by atoms with van der Waals surface area (Å²) in [5, 5.41) is 0. The van der Waals surface area contributed by atoms with Crippen molar-refractivity contribution in [3.05, 3.63) is 0 Å². The molecule has 0 N–H and O–H groups in total. The lowest BCUT2D eigenvalue weighted by atomic mass is 9.60. The van der Waals surface area contributed by atoms with Crippen LogP contribution in [0.4, 0.5) is 0 Å². The number of rotatable bonds is 7. The summed E-state index contributed by atoms with van der Waals surface area (Å²) in [4.78, 5) is 0. The second-order valence-electron chi connectivity index (χ2n) is 9.00. The van der Waals surface area contributed by atoms with Gasteiger partial charge in [-0.25, -0.2) is 0 Å². The van der Waals surface area contributed by atoms with E-state index in [1.165, 1.54) is 96.3 Å². The Morgan fingerprint density at radius 2 is 1.20 bits per heavy atom. The van der Waals surface area contributed by atoms with Gasteiger partial charge in [-0.15, -0.1) is 0 Å². The van der Waals surface area contributed by atoms with Crippen LogP contribution in [0.25, 0.3) is 0 Å². The molecule has 146 valence electrons. The fourth-order valence-corrected chi connectivity index (χ4v) is 7.51. The van der Waals surface area contributed by atoms with Crippen molar-refractivity contribution in [3.8, 4) is 0 Å². The van der Waals surface area contributed by atoms with E-state index in [1.54, 1.807) is 0 Å². The number of ether oxygens (including phenoxy) is 1. The topological polar surface area (TPSA) is 18.5 Å². The zero-order valence-corrected chi connectivity index (χ0v) is 18.9. The Balaban J connectivity index is 1.92. The Hall–Kier alpha value is 0.137. The molecule has 1 unspecified atom stereocenters. The second kappa shape index (κ2) is 9.89. The third kappa shape index (κ3) is 4.35. The monoisotopic (exact) mass is 366 g/mol. The molecule has 0 aromatic carbocycles. The number of hydrogen-bond acceptors (Lipinski definition) is 2. The normalized spacial score (nSPS) is 26.8. The van der Waals surface area contributed by atoms with E-state index in [2.05, 4.69) is 6.92 Å². The maximum atomic E-state index is 6.80. The van der Waals surface area contributed by atoms with Gasteiger partial charge in [-0.05, 0) is 63.2 Å². The van der Waals surface area contributed by atoms with E-state index in [4.69, 9.17) is 9.16 Å². The van der Waals surface area contributed by atoms with Crippen molar-refractivity contribution < 1.29 is 9.16 Å². The first-order chi connectivity index (χ1) is 12.3. The summed E-state index contributed by atoms with van der Waals surface area (Å²) in [7, 11) is 0.859. The van der Waals surface area contributed by atoms with Crippen molar-refractivity contribution in [2.24, 2.45) is 17.8 Å². The molecule has 0 amide bonds. The maximum absolute atomic E-state index is 6.80. The third-order valence-corrected chi connectivity index (χ3v) is 8.42. The largest absolute Gasteiger partial charge is 0.419 e. The molecule has 0 aromatic rings. The van der Waals surface area contributed by atoms with Gasteiger partial charge >= 0.3 is 0 Å². The Morgan fingerprint density at radius 3 is 1.60 bits per heavy atom. The van der Waals surface area contributed by atoms with Gasteiger partial charge in [-0.1, -0.05) is 57.8 Å². The molecule has 0 bridgehead atoms. The van der Waals surface area contributed by atoms with E-state index in [0.29, 0.717) is 6.10 Å². The van der Waals surface area contributed by atoms with Gasteiger partial charge in [0, 0.05) is 6.61 Å². The molecule has 3 saturated carbocycles. The van der Waals surface area contributed by atoms with Crippen LogP contribution in [0, 0.1) is 17.8 Å². The first-order valence-corrected chi connectivity index (χ1v) is 12.3. The maximum Gasteiger partial charge on any atom is 0.146 e. The molecular weight excluding hydrogens is 324 g/mol. The van der Waals surface area contributed by atoms with Gasteiger partial charge < -0.3 is 9.16 Å². The van der Waals surface area contributed by atoms with Crippen molar-refractivity contribution in [2.45, 2.75) is 115 Å². The minimum Gasteiger partial charge on any atom is -0.419 e. The molecule has 0 heterocycles. The van der Waals surface area contributed by atoms with E-state index in [1.807, 2.05) is 0 Å². The minimum atomic E-state index is 0.0467. The summed E-state index contributed by atoms with van der Waals surface area (Å²) < 4.78 is 13.4. The van der Waals surface area contributed by atoms with Gasteiger partial charge in [0.15, 0.2) is 0 Å². The van der Waals surface area contributed by atoms with Crippen LogP contribution in [0.5, 0.6) is 0 Å². The average molecular weight is 367 g/mol. The van der Waals surface area contributed by atoms with Gasteiger partial charge in [0.1, 0.15) is 10.5 Å². The number of hydrogen-bond donors (Lipinski definition) is 0. The molecule has 0 saturated heterocycles. The van der Waals surface area contributed by atoms with Crippen LogP contribution in [-0.2, 0) is 9.16 Å². The van der Waals surface area contributed by atoms with Crippen LogP contribution in [0.2, 0.25) is 0 Å². The first-order valence-electron chi connectivity index (χ1n) is 11.5. The molecule has 0 radical (unpaired) electrons. The van der Waals surface area contributed by atoms with Gasteiger partial charge in [-0.3, -0.25) is 0 Å². The molecule has 0 spiro atoms. The van der Waals surface area contributed by atoms with Gasteiger partial charge in [-0.2, -0.15) is 0 Å². The SMILES string of the molecule is CCOC(C1CCCCC1)C(O[SiH3])(C1CCCCC1)C1CCCCC1. The lowest BCUT2D eigenvalue weighted by Gasteiger charge is -2.55. The molecule has 0 aliphatic heterocycles. The van der Waals surface area contributed by atoms with Gasteiger partial charge in [0.25, 0.3) is 0 Å². The van der Waals surface area contributed by atoms with E-state index < -0.39 is 0 Å². The highest BCUT2D eigenvalue weighted by Gasteiger charge is 2.53.